The Labute approximate surface area is 120 Å². The molecule has 108 valence electrons. The summed E-state index contributed by atoms with van der Waals surface area (Å²) in [5.74, 6) is 0.689. The second-order valence-electron chi connectivity index (χ2n) is 4.69. The molecule has 3 nitrogen and oxygen atoms in total. The van der Waals surface area contributed by atoms with Crippen molar-refractivity contribution < 1.29 is 9.84 Å². The maximum Gasteiger partial charge on any atom is 0.120 e. The number of aliphatic hydroxyl groups is 1. The molecule has 4 heteroatoms. The maximum atomic E-state index is 9.76. The van der Waals surface area contributed by atoms with Crippen LogP contribution < -0.4 is 10.1 Å². The average Bonchev–Trinajstić information content (AvgIpc) is 2.40. The van der Waals surface area contributed by atoms with Crippen molar-refractivity contribution in [2.75, 3.05) is 19.7 Å². The number of hydrogen-bond donors (Lipinski definition) is 2. The molecule has 0 spiro atoms. The minimum absolute atomic E-state index is 0.280. The zero-order valence-corrected chi connectivity index (χ0v) is 12.3. The molecule has 0 unspecified atom stereocenters. The SMILES string of the molecule is CCCCCCNC[C@H](O)COc1cccc(Cl)c1. The van der Waals surface area contributed by atoms with Gasteiger partial charge in [-0.15, -0.1) is 0 Å². The van der Waals surface area contributed by atoms with Crippen LogP contribution in [0.3, 0.4) is 0 Å². The van der Waals surface area contributed by atoms with Gasteiger partial charge in [0.05, 0.1) is 0 Å². The van der Waals surface area contributed by atoms with Crippen LogP contribution in [-0.2, 0) is 0 Å². The van der Waals surface area contributed by atoms with Crippen molar-refractivity contribution in [2.24, 2.45) is 0 Å². The van der Waals surface area contributed by atoms with Gasteiger partial charge in [0.25, 0.3) is 0 Å². The highest BCUT2D eigenvalue weighted by Crippen LogP contribution is 2.17. The van der Waals surface area contributed by atoms with Gasteiger partial charge in [-0.1, -0.05) is 43.9 Å². The number of unbranched alkanes of at least 4 members (excludes halogenated alkanes) is 3. The van der Waals surface area contributed by atoms with Crippen molar-refractivity contribution in [3.8, 4) is 5.75 Å². The standard InChI is InChI=1S/C15H24ClNO2/c1-2-3-4-5-9-17-11-14(18)12-19-15-8-6-7-13(16)10-15/h6-8,10,14,17-18H,2-5,9,11-12H2,1H3/t14-/m0/s1. The first-order valence-corrected chi connectivity index (χ1v) is 7.37. The van der Waals surface area contributed by atoms with Gasteiger partial charge in [0, 0.05) is 11.6 Å². The maximum absolute atomic E-state index is 9.76. The summed E-state index contributed by atoms with van der Waals surface area (Å²) >= 11 is 5.85. The van der Waals surface area contributed by atoms with Crippen LogP contribution in [0.2, 0.25) is 5.02 Å². The van der Waals surface area contributed by atoms with E-state index in [2.05, 4.69) is 12.2 Å². The molecule has 0 aromatic heterocycles. The van der Waals surface area contributed by atoms with Gasteiger partial charge in [-0.2, -0.15) is 0 Å². The van der Waals surface area contributed by atoms with Crippen molar-refractivity contribution >= 4 is 11.6 Å². The van der Waals surface area contributed by atoms with E-state index in [-0.39, 0.29) is 6.61 Å². The molecule has 1 aromatic carbocycles. The zero-order chi connectivity index (χ0) is 13.9. The molecule has 1 rings (SSSR count). The second-order valence-corrected chi connectivity index (χ2v) is 5.12. The molecule has 0 aliphatic rings. The lowest BCUT2D eigenvalue weighted by molar-refractivity contribution is 0.106. The fourth-order valence-electron chi connectivity index (χ4n) is 1.75. The van der Waals surface area contributed by atoms with E-state index < -0.39 is 6.10 Å². The summed E-state index contributed by atoms with van der Waals surface area (Å²) in [6.45, 7) is 3.99. The van der Waals surface area contributed by atoms with Crippen LogP contribution in [0.1, 0.15) is 32.6 Å². The molecule has 0 saturated heterocycles. The Morgan fingerprint density at radius 2 is 2.16 bits per heavy atom. The third kappa shape index (κ3) is 8.09. The van der Waals surface area contributed by atoms with Crippen LogP contribution >= 0.6 is 11.6 Å². The van der Waals surface area contributed by atoms with Crippen LogP contribution in [0.4, 0.5) is 0 Å². The molecule has 2 N–H and O–H groups in total. The molecule has 1 atom stereocenters. The Kier molecular flexibility index (Phi) is 8.63. The van der Waals surface area contributed by atoms with Crippen LogP contribution in [0.25, 0.3) is 0 Å². The summed E-state index contributed by atoms with van der Waals surface area (Å²) in [5, 5.41) is 13.6. The fourth-order valence-corrected chi connectivity index (χ4v) is 1.93. The zero-order valence-electron chi connectivity index (χ0n) is 11.6. The average molecular weight is 286 g/mol. The van der Waals surface area contributed by atoms with E-state index in [1.54, 1.807) is 12.1 Å². The summed E-state index contributed by atoms with van der Waals surface area (Å²) in [6, 6.07) is 7.20. The third-order valence-electron chi connectivity index (χ3n) is 2.83. The Bertz CT molecular complexity index is 347. The molecule has 0 fully saturated rings. The highest BCUT2D eigenvalue weighted by Gasteiger charge is 2.04. The second kappa shape index (κ2) is 10.1. The molecule has 0 amide bonds. The van der Waals surface area contributed by atoms with E-state index in [1.165, 1.54) is 19.3 Å². The molecule has 0 bridgehead atoms. The van der Waals surface area contributed by atoms with E-state index in [9.17, 15) is 5.11 Å². The van der Waals surface area contributed by atoms with E-state index in [0.717, 1.165) is 13.0 Å². The van der Waals surface area contributed by atoms with Crippen LogP contribution in [0, 0.1) is 0 Å². The molecule has 0 aliphatic carbocycles. The molecular formula is C15H24ClNO2. The summed E-state index contributed by atoms with van der Waals surface area (Å²) in [4.78, 5) is 0. The molecule has 0 radical (unpaired) electrons. The molecule has 0 heterocycles. The number of benzene rings is 1. The Morgan fingerprint density at radius 1 is 1.32 bits per heavy atom. The van der Waals surface area contributed by atoms with Gasteiger partial charge in [-0.25, -0.2) is 0 Å². The number of nitrogens with one attached hydrogen (secondary N) is 1. The predicted molar refractivity (Wildman–Crippen MR) is 80.0 cm³/mol. The van der Waals surface area contributed by atoms with Gasteiger partial charge in [-0.3, -0.25) is 0 Å². The Hall–Kier alpha value is -0.770. The van der Waals surface area contributed by atoms with Gasteiger partial charge in [0.2, 0.25) is 0 Å². The Balaban J connectivity index is 2.06. The number of halogens is 1. The molecule has 1 aromatic rings. The summed E-state index contributed by atoms with van der Waals surface area (Å²) < 4.78 is 5.47. The lowest BCUT2D eigenvalue weighted by Crippen LogP contribution is -2.32. The first kappa shape index (κ1) is 16.3. The van der Waals surface area contributed by atoms with Crippen molar-refractivity contribution in [1.82, 2.24) is 5.32 Å². The minimum Gasteiger partial charge on any atom is -0.491 e. The van der Waals surface area contributed by atoms with Crippen LogP contribution in [0.5, 0.6) is 5.75 Å². The smallest absolute Gasteiger partial charge is 0.120 e. The normalized spacial score (nSPS) is 12.4. The molecule has 0 aliphatic heterocycles. The van der Waals surface area contributed by atoms with E-state index >= 15 is 0 Å². The van der Waals surface area contributed by atoms with Crippen molar-refractivity contribution in [2.45, 2.75) is 38.7 Å². The summed E-state index contributed by atoms with van der Waals surface area (Å²) in [6.07, 6.45) is 4.44. The number of aliphatic hydroxyl groups excluding tert-OH is 1. The quantitative estimate of drug-likeness (QED) is 0.649. The monoisotopic (exact) mass is 285 g/mol. The highest BCUT2D eigenvalue weighted by atomic mass is 35.5. The number of rotatable bonds is 10. The van der Waals surface area contributed by atoms with E-state index in [0.29, 0.717) is 17.3 Å². The molecule has 0 saturated carbocycles. The van der Waals surface area contributed by atoms with Crippen molar-refractivity contribution in [3.05, 3.63) is 29.3 Å². The lowest BCUT2D eigenvalue weighted by Gasteiger charge is -2.13. The van der Waals surface area contributed by atoms with E-state index in [4.69, 9.17) is 16.3 Å². The predicted octanol–water partition coefficient (Wildman–Crippen LogP) is 3.25. The van der Waals surface area contributed by atoms with Gasteiger partial charge >= 0.3 is 0 Å². The van der Waals surface area contributed by atoms with Crippen molar-refractivity contribution in [1.29, 1.82) is 0 Å². The first-order valence-electron chi connectivity index (χ1n) is 6.99. The number of ether oxygens (including phenoxy) is 1. The highest BCUT2D eigenvalue weighted by molar-refractivity contribution is 6.30. The van der Waals surface area contributed by atoms with Crippen LogP contribution in [0.15, 0.2) is 24.3 Å². The summed E-state index contributed by atoms with van der Waals surface area (Å²) in [5.41, 5.74) is 0. The molecular weight excluding hydrogens is 262 g/mol. The van der Waals surface area contributed by atoms with E-state index in [1.807, 2.05) is 12.1 Å². The Morgan fingerprint density at radius 3 is 2.89 bits per heavy atom. The first-order chi connectivity index (χ1) is 9.22. The molecule has 19 heavy (non-hydrogen) atoms. The van der Waals surface area contributed by atoms with Gasteiger partial charge < -0.3 is 15.2 Å². The topological polar surface area (TPSA) is 41.5 Å². The van der Waals surface area contributed by atoms with Crippen LogP contribution in [-0.4, -0.2) is 30.9 Å². The largest absolute Gasteiger partial charge is 0.491 e. The van der Waals surface area contributed by atoms with Gasteiger partial charge in [0.15, 0.2) is 0 Å². The summed E-state index contributed by atoms with van der Waals surface area (Å²) in [7, 11) is 0. The lowest BCUT2D eigenvalue weighted by atomic mass is 10.2. The third-order valence-corrected chi connectivity index (χ3v) is 3.06. The van der Waals surface area contributed by atoms with Gasteiger partial charge in [-0.05, 0) is 31.2 Å². The van der Waals surface area contributed by atoms with Gasteiger partial charge in [0.1, 0.15) is 18.5 Å². The minimum atomic E-state index is -0.495. The van der Waals surface area contributed by atoms with Crippen molar-refractivity contribution in [3.63, 3.8) is 0 Å². The number of hydrogen-bond acceptors (Lipinski definition) is 3. The fraction of sp³-hybridized carbons (Fsp3) is 0.600.